The quantitative estimate of drug-likeness (QED) is 0.375. The lowest BCUT2D eigenvalue weighted by Crippen LogP contribution is -2.10. The van der Waals surface area contributed by atoms with E-state index in [1.165, 1.54) is 13.0 Å². The van der Waals surface area contributed by atoms with E-state index >= 15 is 0 Å². The maximum atomic E-state index is 12.8. The molecule has 0 unspecified atom stereocenters. The first kappa shape index (κ1) is 21.0. The minimum atomic E-state index is -0.582. The summed E-state index contributed by atoms with van der Waals surface area (Å²) >= 11 is 0. The average molecular weight is 432 g/mol. The Kier molecular flexibility index (Phi) is 5.59. The van der Waals surface area contributed by atoms with Gasteiger partial charge in [0.15, 0.2) is 0 Å². The minimum Gasteiger partial charge on any atom is -0.497 e. The molecule has 4 rings (SSSR count). The van der Waals surface area contributed by atoms with Gasteiger partial charge in [-0.2, -0.15) is 0 Å². The molecule has 0 fully saturated rings. The molecule has 32 heavy (non-hydrogen) atoms. The van der Waals surface area contributed by atoms with Crippen LogP contribution < -0.4 is 15.7 Å². The molecule has 4 aromatic rings. The smallest absolute Gasteiger partial charge is 0.340 e. The molecule has 0 saturated carbocycles. The summed E-state index contributed by atoms with van der Waals surface area (Å²) in [4.78, 5) is 40.5. The third-order valence-corrected chi connectivity index (χ3v) is 4.94. The number of benzene rings is 2. The summed E-state index contributed by atoms with van der Waals surface area (Å²) in [5, 5.41) is 4.02. The topological polar surface area (TPSA) is 108 Å². The Morgan fingerprint density at radius 1 is 1.09 bits per heavy atom. The Labute approximate surface area is 182 Å². The van der Waals surface area contributed by atoms with Crippen molar-refractivity contribution < 1.29 is 23.5 Å². The van der Waals surface area contributed by atoms with E-state index in [-0.39, 0.29) is 18.1 Å². The van der Waals surface area contributed by atoms with Crippen LogP contribution in [0.3, 0.4) is 0 Å². The van der Waals surface area contributed by atoms with Crippen LogP contribution in [-0.2, 0) is 16.1 Å². The van der Waals surface area contributed by atoms with Crippen molar-refractivity contribution in [1.29, 1.82) is 0 Å². The largest absolute Gasteiger partial charge is 0.497 e. The summed E-state index contributed by atoms with van der Waals surface area (Å²) in [5.41, 5.74) is 2.26. The highest BCUT2D eigenvalue weighted by Gasteiger charge is 2.15. The SMILES string of the molecule is COc1ccc2cc(C(=O)OCc3cc(=O)oc4cc(NC(C)=O)ccc34)c(C)nc2c1. The van der Waals surface area contributed by atoms with Gasteiger partial charge in [-0.1, -0.05) is 0 Å². The van der Waals surface area contributed by atoms with Crippen molar-refractivity contribution in [2.24, 2.45) is 0 Å². The zero-order chi connectivity index (χ0) is 22.8. The molecule has 0 atom stereocenters. The molecule has 8 heteroatoms. The number of rotatable bonds is 5. The number of aryl methyl sites for hydroxylation is 1. The first-order chi connectivity index (χ1) is 15.3. The molecule has 0 aliphatic heterocycles. The van der Waals surface area contributed by atoms with Crippen molar-refractivity contribution in [3.05, 3.63) is 75.8 Å². The van der Waals surface area contributed by atoms with Gasteiger partial charge in [0.05, 0.1) is 23.9 Å². The summed E-state index contributed by atoms with van der Waals surface area (Å²) < 4.78 is 15.9. The van der Waals surface area contributed by atoms with Crippen LogP contribution in [0.4, 0.5) is 5.69 Å². The van der Waals surface area contributed by atoms with Crippen LogP contribution in [0, 0.1) is 6.92 Å². The van der Waals surface area contributed by atoms with E-state index in [1.807, 2.05) is 6.07 Å². The second-order valence-electron chi connectivity index (χ2n) is 7.24. The predicted octanol–water partition coefficient (Wildman–Crippen LogP) is 3.97. The van der Waals surface area contributed by atoms with E-state index in [2.05, 4.69) is 10.3 Å². The highest BCUT2D eigenvalue weighted by molar-refractivity contribution is 5.96. The Morgan fingerprint density at radius 3 is 2.66 bits per heavy atom. The minimum absolute atomic E-state index is 0.124. The van der Waals surface area contributed by atoms with E-state index in [1.54, 1.807) is 50.4 Å². The Balaban J connectivity index is 1.60. The molecule has 0 bridgehead atoms. The van der Waals surface area contributed by atoms with E-state index in [0.717, 1.165) is 5.39 Å². The molecule has 2 aromatic heterocycles. The number of nitrogens with zero attached hydrogens (tertiary/aromatic N) is 1. The zero-order valence-electron chi connectivity index (χ0n) is 17.7. The number of nitrogens with one attached hydrogen (secondary N) is 1. The molecule has 162 valence electrons. The Hall–Kier alpha value is -4.20. The highest BCUT2D eigenvalue weighted by Crippen LogP contribution is 2.24. The van der Waals surface area contributed by atoms with Crippen molar-refractivity contribution in [3.63, 3.8) is 0 Å². The van der Waals surface area contributed by atoms with Gasteiger partial charge in [-0.15, -0.1) is 0 Å². The van der Waals surface area contributed by atoms with Gasteiger partial charge in [-0.05, 0) is 37.3 Å². The second kappa shape index (κ2) is 8.50. The number of fused-ring (bicyclic) bond motifs is 2. The predicted molar refractivity (Wildman–Crippen MR) is 119 cm³/mol. The van der Waals surface area contributed by atoms with E-state index < -0.39 is 11.6 Å². The van der Waals surface area contributed by atoms with Gasteiger partial charge in [0.2, 0.25) is 5.91 Å². The second-order valence-corrected chi connectivity index (χ2v) is 7.24. The summed E-state index contributed by atoms with van der Waals surface area (Å²) in [6, 6.07) is 13.3. The lowest BCUT2D eigenvalue weighted by atomic mass is 10.1. The number of carbonyl (C=O) groups excluding carboxylic acids is 2. The van der Waals surface area contributed by atoms with Gasteiger partial charge in [-0.3, -0.25) is 9.78 Å². The number of esters is 1. The zero-order valence-corrected chi connectivity index (χ0v) is 17.7. The molecule has 0 aliphatic carbocycles. The lowest BCUT2D eigenvalue weighted by Gasteiger charge is -2.11. The molecule has 0 radical (unpaired) electrons. The fourth-order valence-corrected chi connectivity index (χ4v) is 3.43. The number of hydrogen-bond donors (Lipinski definition) is 1. The summed E-state index contributed by atoms with van der Waals surface area (Å²) in [5.74, 6) is -0.116. The number of anilines is 1. The number of carbonyl (C=O) groups is 2. The molecule has 0 aliphatic rings. The number of pyridine rings is 1. The van der Waals surface area contributed by atoms with E-state index in [4.69, 9.17) is 13.9 Å². The number of amides is 1. The van der Waals surface area contributed by atoms with Gasteiger partial charge in [0, 0.05) is 47.1 Å². The Morgan fingerprint density at radius 2 is 1.91 bits per heavy atom. The van der Waals surface area contributed by atoms with E-state index in [0.29, 0.717) is 39.2 Å². The van der Waals surface area contributed by atoms with Crippen LogP contribution in [0.5, 0.6) is 5.75 Å². The maximum absolute atomic E-state index is 12.8. The van der Waals surface area contributed by atoms with Crippen molar-refractivity contribution in [3.8, 4) is 5.75 Å². The van der Waals surface area contributed by atoms with Crippen LogP contribution in [0.2, 0.25) is 0 Å². The summed E-state index contributed by atoms with van der Waals surface area (Å²) in [6.07, 6.45) is 0. The standard InChI is InChI=1S/C24H20N2O6/c1-13-20(8-15-4-6-18(30-3)11-21(15)25-13)24(29)31-12-16-9-23(28)32-22-10-17(26-14(2)27)5-7-19(16)22/h4-11H,12H2,1-3H3,(H,26,27). The fraction of sp³-hybridized carbons (Fsp3) is 0.167. The molecule has 0 spiro atoms. The molecule has 0 saturated heterocycles. The number of methoxy groups -OCH3 is 1. The van der Waals surface area contributed by atoms with Gasteiger partial charge in [0.1, 0.15) is 17.9 Å². The van der Waals surface area contributed by atoms with Crippen LogP contribution in [0.25, 0.3) is 21.9 Å². The molecule has 2 heterocycles. The monoisotopic (exact) mass is 432 g/mol. The van der Waals surface area contributed by atoms with Gasteiger partial charge in [-0.25, -0.2) is 9.59 Å². The van der Waals surface area contributed by atoms with Gasteiger partial charge < -0.3 is 19.2 Å². The molecular weight excluding hydrogens is 412 g/mol. The first-order valence-corrected chi connectivity index (χ1v) is 9.81. The summed E-state index contributed by atoms with van der Waals surface area (Å²) in [7, 11) is 1.58. The van der Waals surface area contributed by atoms with Crippen LogP contribution >= 0.6 is 0 Å². The van der Waals surface area contributed by atoms with Crippen LogP contribution in [0.1, 0.15) is 28.5 Å². The fourth-order valence-electron chi connectivity index (χ4n) is 3.43. The molecule has 2 aromatic carbocycles. The van der Waals surface area contributed by atoms with Crippen LogP contribution in [0.15, 0.2) is 57.7 Å². The van der Waals surface area contributed by atoms with Gasteiger partial charge in [0.25, 0.3) is 0 Å². The third-order valence-electron chi connectivity index (χ3n) is 4.94. The van der Waals surface area contributed by atoms with Gasteiger partial charge >= 0.3 is 11.6 Å². The van der Waals surface area contributed by atoms with E-state index in [9.17, 15) is 14.4 Å². The lowest BCUT2D eigenvalue weighted by molar-refractivity contribution is -0.114. The number of hydrogen-bond acceptors (Lipinski definition) is 7. The molecule has 1 N–H and O–H groups in total. The van der Waals surface area contributed by atoms with Crippen molar-refractivity contribution in [1.82, 2.24) is 4.98 Å². The average Bonchev–Trinajstić information content (AvgIpc) is 2.75. The molecule has 8 nitrogen and oxygen atoms in total. The summed E-state index contributed by atoms with van der Waals surface area (Å²) in [6.45, 7) is 2.99. The highest BCUT2D eigenvalue weighted by atomic mass is 16.5. The van der Waals surface area contributed by atoms with Crippen molar-refractivity contribution in [2.45, 2.75) is 20.5 Å². The molecule has 1 amide bonds. The normalized spacial score (nSPS) is 10.8. The van der Waals surface area contributed by atoms with Crippen molar-refractivity contribution in [2.75, 3.05) is 12.4 Å². The number of aromatic nitrogens is 1. The van der Waals surface area contributed by atoms with Crippen molar-refractivity contribution >= 4 is 39.4 Å². The maximum Gasteiger partial charge on any atom is 0.340 e. The third kappa shape index (κ3) is 4.29. The Bertz CT molecular complexity index is 1420. The molecular formula is C24H20N2O6. The number of ether oxygens (including phenoxy) is 2. The first-order valence-electron chi connectivity index (χ1n) is 9.81. The van der Waals surface area contributed by atoms with Crippen LogP contribution in [-0.4, -0.2) is 24.0 Å².